The topological polar surface area (TPSA) is 36.3 Å². The van der Waals surface area contributed by atoms with Crippen LogP contribution < -0.4 is 9.47 Å². The molecule has 0 bridgehead atoms. The summed E-state index contributed by atoms with van der Waals surface area (Å²) in [5.74, 6) is 2.54. The van der Waals surface area contributed by atoms with E-state index in [-0.39, 0.29) is 21.5 Å². The molecule has 0 saturated heterocycles. The number of hydrogen-bond donors (Lipinski definition) is 0. The minimum absolute atomic E-state index is 0.0415. The van der Waals surface area contributed by atoms with Crippen LogP contribution >= 0.6 is 12.2 Å². The van der Waals surface area contributed by atoms with E-state index in [1.54, 1.807) is 6.20 Å². The molecular formula is C13H8N2O2SSe. The summed E-state index contributed by atoms with van der Waals surface area (Å²) in [7, 11) is 0. The zero-order valence-electron chi connectivity index (χ0n) is 9.70. The van der Waals surface area contributed by atoms with Gasteiger partial charge in [0, 0.05) is 0 Å². The third-order valence-corrected chi connectivity index (χ3v) is 6.00. The van der Waals surface area contributed by atoms with Crippen LogP contribution in [0.2, 0.25) is 0 Å². The van der Waals surface area contributed by atoms with Gasteiger partial charge in [-0.2, -0.15) is 0 Å². The van der Waals surface area contributed by atoms with Crippen LogP contribution in [0.4, 0.5) is 0 Å². The number of hydrogen-bond acceptors (Lipinski definition) is 4. The van der Waals surface area contributed by atoms with Gasteiger partial charge in [-0.25, -0.2) is 0 Å². The van der Waals surface area contributed by atoms with Crippen LogP contribution in [0.25, 0.3) is 15.5 Å². The molecule has 0 aliphatic carbocycles. The van der Waals surface area contributed by atoms with E-state index in [4.69, 9.17) is 21.7 Å². The molecule has 0 spiro atoms. The molecule has 3 aromatic rings. The van der Waals surface area contributed by atoms with Gasteiger partial charge in [-0.1, -0.05) is 0 Å². The van der Waals surface area contributed by atoms with Gasteiger partial charge in [0.1, 0.15) is 0 Å². The number of rotatable bonds is 1. The van der Waals surface area contributed by atoms with Crippen molar-refractivity contribution in [2.24, 2.45) is 0 Å². The van der Waals surface area contributed by atoms with Crippen LogP contribution in [0.1, 0.15) is 0 Å². The van der Waals surface area contributed by atoms with Crippen molar-refractivity contribution in [1.82, 2.24) is 8.55 Å². The molecular weight excluding hydrogens is 327 g/mol. The van der Waals surface area contributed by atoms with E-state index in [0.717, 1.165) is 31.6 Å². The predicted molar refractivity (Wildman–Crippen MR) is 75.0 cm³/mol. The Morgan fingerprint density at radius 1 is 1.21 bits per heavy atom. The van der Waals surface area contributed by atoms with Crippen LogP contribution in [0.3, 0.4) is 0 Å². The van der Waals surface area contributed by atoms with E-state index >= 15 is 0 Å². The number of fused-ring (bicyclic) bond motifs is 3. The summed E-state index contributed by atoms with van der Waals surface area (Å²) in [6, 6.07) is 9.77. The maximum absolute atomic E-state index is 5.56. The fourth-order valence-electron chi connectivity index (χ4n) is 2.07. The first-order valence-electron chi connectivity index (χ1n) is 5.70. The average molecular weight is 335 g/mol. The quantitative estimate of drug-likeness (QED) is 0.506. The Kier molecular flexibility index (Phi) is 2.48. The van der Waals surface area contributed by atoms with Crippen molar-refractivity contribution in [3.8, 4) is 17.3 Å². The first-order chi connectivity index (χ1) is 9.34. The summed E-state index contributed by atoms with van der Waals surface area (Å²) in [6.07, 6.45) is 1.78. The second kappa shape index (κ2) is 4.20. The first kappa shape index (κ1) is 11.2. The molecule has 2 aromatic heterocycles. The Bertz CT molecular complexity index is 826. The van der Waals surface area contributed by atoms with Gasteiger partial charge in [0.05, 0.1) is 0 Å². The molecule has 0 unspecified atom stereocenters. The van der Waals surface area contributed by atoms with E-state index in [2.05, 4.69) is 8.55 Å². The third-order valence-electron chi connectivity index (χ3n) is 2.95. The summed E-state index contributed by atoms with van der Waals surface area (Å²) in [6.45, 7) is 0.290. The van der Waals surface area contributed by atoms with E-state index in [9.17, 15) is 0 Å². The Balaban J connectivity index is 2.05. The van der Waals surface area contributed by atoms with Crippen LogP contribution in [0.15, 0.2) is 36.5 Å². The molecule has 1 aliphatic heterocycles. The molecule has 4 rings (SSSR count). The summed E-state index contributed by atoms with van der Waals surface area (Å²) < 4.78 is 15.0. The molecule has 0 saturated carbocycles. The van der Waals surface area contributed by atoms with Crippen molar-refractivity contribution in [3.05, 3.63) is 41.2 Å². The molecule has 0 fully saturated rings. The summed E-state index contributed by atoms with van der Waals surface area (Å²) in [5, 5.41) is 1.06. The van der Waals surface area contributed by atoms with Crippen LogP contribution in [-0.2, 0) is 0 Å². The Hall–Kier alpha value is -1.62. The molecule has 0 N–H and O–H groups in total. The molecule has 6 heteroatoms. The molecule has 0 radical (unpaired) electrons. The number of benzene rings is 1. The van der Waals surface area contributed by atoms with Crippen molar-refractivity contribution in [1.29, 1.82) is 0 Å². The Morgan fingerprint density at radius 3 is 3.00 bits per heavy atom. The van der Waals surface area contributed by atoms with E-state index in [0.29, 0.717) is 0 Å². The van der Waals surface area contributed by atoms with Gasteiger partial charge in [0.25, 0.3) is 0 Å². The SMILES string of the molecule is S=c1c2ccc3c(c2[se]n1-c1ccccn1)OCO3. The van der Waals surface area contributed by atoms with Crippen molar-refractivity contribution < 1.29 is 9.47 Å². The van der Waals surface area contributed by atoms with Gasteiger partial charge in [-0.05, 0) is 0 Å². The number of ether oxygens (including phenoxy) is 2. The predicted octanol–water partition coefficient (Wildman–Crippen LogP) is 2.54. The maximum atomic E-state index is 5.56. The Morgan fingerprint density at radius 2 is 2.16 bits per heavy atom. The van der Waals surface area contributed by atoms with Gasteiger partial charge in [-0.15, -0.1) is 0 Å². The zero-order valence-corrected chi connectivity index (χ0v) is 12.2. The fraction of sp³-hybridized carbons (Fsp3) is 0.0769. The summed E-state index contributed by atoms with van der Waals surface area (Å²) in [5.41, 5.74) is 0. The zero-order chi connectivity index (χ0) is 12.8. The normalized spacial score (nSPS) is 13.1. The van der Waals surface area contributed by atoms with Gasteiger partial charge in [0.15, 0.2) is 0 Å². The standard InChI is InChI=1S/C13H8N2O2SSe/c18-13-8-4-5-9-11(17-7-16-9)12(8)19-15(13)10-3-1-2-6-14-10/h1-6H,7H2. The molecule has 0 atom stereocenters. The first-order valence-corrected chi connectivity index (χ1v) is 7.74. The van der Waals surface area contributed by atoms with Crippen molar-refractivity contribution in [3.63, 3.8) is 0 Å². The van der Waals surface area contributed by atoms with Crippen molar-refractivity contribution >= 4 is 36.6 Å². The second-order valence-corrected chi connectivity index (χ2v) is 6.45. The molecule has 4 nitrogen and oxygen atoms in total. The number of aromatic nitrogens is 2. The molecule has 1 aromatic carbocycles. The Labute approximate surface area is 120 Å². The molecule has 1 aliphatic rings. The fourth-order valence-corrected chi connectivity index (χ4v) is 4.92. The van der Waals surface area contributed by atoms with Gasteiger partial charge >= 0.3 is 120 Å². The molecule has 94 valence electrons. The summed E-state index contributed by atoms with van der Waals surface area (Å²) in [4.78, 5) is 4.37. The molecule has 3 heterocycles. The second-order valence-electron chi connectivity index (χ2n) is 4.05. The number of pyridine rings is 1. The van der Waals surface area contributed by atoms with Crippen molar-refractivity contribution in [2.45, 2.75) is 0 Å². The third kappa shape index (κ3) is 1.64. The van der Waals surface area contributed by atoms with Gasteiger partial charge in [0.2, 0.25) is 0 Å². The van der Waals surface area contributed by atoms with Crippen LogP contribution in [-0.4, -0.2) is 30.1 Å². The van der Waals surface area contributed by atoms with Gasteiger partial charge < -0.3 is 0 Å². The number of nitrogens with zero attached hydrogens (tertiary/aromatic N) is 2. The molecule has 19 heavy (non-hydrogen) atoms. The van der Waals surface area contributed by atoms with E-state index in [1.807, 2.05) is 30.3 Å². The van der Waals surface area contributed by atoms with Gasteiger partial charge in [-0.3, -0.25) is 0 Å². The average Bonchev–Trinajstić information content (AvgIpc) is 3.04. The van der Waals surface area contributed by atoms with Crippen LogP contribution in [0, 0.1) is 4.64 Å². The summed E-state index contributed by atoms with van der Waals surface area (Å²) >= 11 is 5.60. The van der Waals surface area contributed by atoms with E-state index < -0.39 is 0 Å². The van der Waals surface area contributed by atoms with E-state index in [1.165, 1.54) is 0 Å². The monoisotopic (exact) mass is 336 g/mol. The van der Waals surface area contributed by atoms with Crippen molar-refractivity contribution in [2.75, 3.05) is 6.79 Å². The molecule has 0 amide bonds. The van der Waals surface area contributed by atoms with Crippen LogP contribution in [0.5, 0.6) is 11.5 Å². The minimum atomic E-state index is 0.0415.